The lowest BCUT2D eigenvalue weighted by Crippen LogP contribution is -2.51. The van der Waals surface area contributed by atoms with Crippen molar-refractivity contribution in [2.75, 3.05) is 46.1 Å². The number of carbonyl (C=O) groups excluding carboxylic acids is 4. The Balaban J connectivity index is 2.10. The number of hydrogen-bond donors (Lipinski definition) is 2. The van der Waals surface area contributed by atoms with Crippen molar-refractivity contribution in [1.82, 2.24) is 15.5 Å². The predicted molar refractivity (Wildman–Crippen MR) is 134 cm³/mol. The van der Waals surface area contributed by atoms with Crippen molar-refractivity contribution in [1.29, 1.82) is 0 Å². The minimum absolute atomic E-state index is 0.0459. The minimum Gasteiger partial charge on any atom is -0.379 e. The molecule has 0 aliphatic carbocycles. The van der Waals surface area contributed by atoms with E-state index in [0.717, 1.165) is 0 Å². The first-order valence-corrected chi connectivity index (χ1v) is 13.3. The molecule has 0 spiro atoms. The number of epoxide rings is 1. The number of alkyl halides is 2. The number of nitrogens with zero attached hydrogens (tertiary/aromatic N) is 1. The molecule has 0 radical (unpaired) electrons. The van der Waals surface area contributed by atoms with E-state index >= 15 is 0 Å². The third kappa shape index (κ3) is 11.0. The lowest BCUT2D eigenvalue weighted by Gasteiger charge is -2.28. The molecule has 0 saturated carbocycles. The molecule has 2 aliphatic rings. The number of rotatable bonds is 17. The summed E-state index contributed by atoms with van der Waals surface area (Å²) < 4.78 is 40.7. The molecule has 2 amide bonds. The highest BCUT2D eigenvalue weighted by Gasteiger charge is 2.50. The molecule has 0 aromatic heterocycles. The molecule has 10 nitrogen and oxygen atoms in total. The number of halogens is 2. The van der Waals surface area contributed by atoms with E-state index in [9.17, 15) is 28.0 Å². The Morgan fingerprint density at radius 2 is 1.55 bits per heavy atom. The molecule has 0 unspecified atom stereocenters. The average Bonchev–Trinajstić information content (AvgIpc) is 3.58. The van der Waals surface area contributed by atoms with E-state index in [0.29, 0.717) is 39.1 Å². The molecule has 2 N–H and O–H groups in total. The number of morpholine rings is 1. The van der Waals surface area contributed by atoms with Gasteiger partial charge in [0.1, 0.15) is 5.60 Å². The highest BCUT2D eigenvalue weighted by Crippen LogP contribution is 2.30. The van der Waals surface area contributed by atoms with Gasteiger partial charge in [0.15, 0.2) is 11.6 Å². The fraction of sp³-hybridized carbons (Fsp3) is 0.846. The van der Waals surface area contributed by atoms with Crippen molar-refractivity contribution >= 4 is 23.4 Å². The van der Waals surface area contributed by atoms with Gasteiger partial charge in [-0.3, -0.25) is 24.1 Å². The largest absolute Gasteiger partial charge is 0.379 e. The van der Waals surface area contributed by atoms with E-state index < -0.39 is 54.9 Å². The number of carbonyl (C=O) groups is 4. The summed E-state index contributed by atoms with van der Waals surface area (Å²) in [4.78, 5) is 53.9. The van der Waals surface area contributed by atoms with Crippen molar-refractivity contribution in [2.45, 2.75) is 78.2 Å². The first kappa shape index (κ1) is 32.2. The molecular weight excluding hydrogens is 504 g/mol. The average molecular weight is 548 g/mol. The zero-order valence-corrected chi connectivity index (χ0v) is 23.1. The Morgan fingerprint density at radius 1 is 0.974 bits per heavy atom. The summed E-state index contributed by atoms with van der Waals surface area (Å²) in [6.45, 7) is 7.94. The fourth-order valence-electron chi connectivity index (χ4n) is 4.36. The summed E-state index contributed by atoms with van der Waals surface area (Å²) in [5.74, 6) is -2.99. The van der Waals surface area contributed by atoms with Crippen molar-refractivity contribution < 1.29 is 42.2 Å². The standard InChI is InChI=1S/C26H43F2N3O7/c1-16(2)10-19(29-22(33)13-31-6-8-36-9-7-31)21(32)12-18(14-37-25(27)28)24(35)30-20(11-17(3)4)23(34)26(5)15-38-26/h16-20,25H,6-15H2,1-5H3,(H,29,33)(H,30,35)/t18-,19-,20-,26+/m0/s1. The summed E-state index contributed by atoms with van der Waals surface area (Å²) in [6, 6.07) is -1.78. The lowest BCUT2D eigenvalue weighted by molar-refractivity contribution is -0.152. The van der Waals surface area contributed by atoms with Crippen LogP contribution in [0.5, 0.6) is 0 Å². The van der Waals surface area contributed by atoms with Crippen molar-refractivity contribution in [3.05, 3.63) is 0 Å². The zero-order chi connectivity index (χ0) is 28.5. The van der Waals surface area contributed by atoms with E-state index in [1.165, 1.54) is 0 Å². The Bertz CT molecular complexity index is 815. The molecule has 0 bridgehead atoms. The number of ether oxygens (including phenoxy) is 3. The van der Waals surface area contributed by atoms with Crippen LogP contribution in [-0.2, 0) is 33.4 Å². The summed E-state index contributed by atoms with van der Waals surface area (Å²) >= 11 is 0. The number of hydrogen-bond acceptors (Lipinski definition) is 8. The number of ketones is 2. The molecule has 2 saturated heterocycles. The maximum Gasteiger partial charge on any atom is 0.345 e. The number of Topliss-reactive ketones (excluding diaryl/α,β-unsaturated/α-hetero) is 2. The predicted octanol–water partition coefficient (Wildman–Crippen LogP) is 1.55. The van der Waals surface area contributed by atoms with Crippen LogP contribution in [0.3, 0.4) is 0 Å². The second-order valence-corrected chi connectivity index (χ2v) is 11.2. The van der Waals surface area contributed by atoms with Gasteiger partial charge in [-0.2, -0.15) is 8.78 Å². The third-order valence-corrected chi connectivity index (χ3v) is 6.58. The molecule has 0 aromatic carbocycles. The molecule has 2 rings (SSSR count). The van der Waals surface area contributed by atoms with Gasteiger partial charge in [0.25, 0.3) is 0 Å². The Morgan fingerprint density at radius 3 is 2.08 bits per heavy atom. The van der Waals surface area contributed by atoms with Gasteiger partial charge in [-0.05, 0) is 31.6 Å². The van der Waals surface area contributed by atoms with Gasteiger partial charge >= 0.3 is 6.61 Å². The Kier molecular flexibility index (Phi) is 12.7. The topological polar surface area (TPSA) is 127 Å². The summed E-state index contributed by atoms with van der Waals surface area (Å²) in [5, 5.41) is 5.40. The van der Waals surface area contributed by atoms with E-state index in [4.69, 9.17) is 9.47 Å². The van der Waals surface area contributed by atoms with Crippen LogP contribution in [0.2, 0.25) is 0 Å². The maximum absolute atomic E-state index is 13.3. The molecule has 218 valence electrons. The van der Waals surface area contributed by atoms with Gasteiger partial charge < -0.3 is 24.8 Å². The Labute approximate surface area is 223 Å². The number of nitrogens with one attached hydrogen (secondary N) is 2. The normalized spacial score (nSPS) is 22.3. The SMILES string of the molecule is CC(C)C[C@H](NC(=O)CN1CCOCC1)C(=O)C[C@@H](COC(F)F)C(=O)N[C@@H](CC(C)C)C(=O)[C@@]1(C)CO1. The van der Waals surface area contributed by atoms with E-state index in [2.05, 4.69) is 15.4 Å². The van der Waals surface area contributed by atoms with Crippen molar-refractivity contribution in [3.8, 4) is 0 Å². The van der Waals surface area contributed by atoms with Crippen LogP contribution in [0.25, 0.3) is 0 Å². The molecule has 2 heterocycles. The zero-order valence-electron chi connectivity index (χ0n) is 23.1. The minimum atomic E-state index is -3.13. The van der Waals surface area contributed by atoms with Crippen LogP contribution < -0.4 is 10.6 Å². The van der Waals surface area contributed by atoms with Gasteiger partial charge in [0.2, 0.25) is 11.8 Å². The molecule has 12 heteroatoms. The molecule has 2 aliphatic heterocycles. The van der Waals surface area contributed by atoms with E-state index in [-0.39, 0.29) is 36.7 Å². The maximum atomic E-state index is 13.3. The molecular formula is C26H43F2N3O7. The smallest absolute Gasteiger partial charge is 0.345 e. The summed E-state index contributed by atoms with van der Waals surface area (Å²) in [5.41, 5.74) is -0.981. The molecule has 4 atom stereocenters. The molecule has 0 aromatic rings. The van der Waals surface area contributed by atoms with Crippen LogP contribution >= 0.6 is 0 Å². The molecule has 2 fully saturated rings. The van der Waals surface area contributed by atoms with Crippen LogP contribution in [0.4, 0.5) is 8.78 Å². The lowest BCUT2D eigenvalue weighted by atomic mass is 9.91. The monoisotopic (exact) mass is 547 g/mol. The fourth-order valence-corrected chi connectivity index (χ4v) is 4.36. The quantitative estimate of drug-likeness (QED) is 0.263. The van der Waals surface area contributed by atoms with Crippen molar-refractivity contribution in [2.24, 2.45) is 17.8 Å². The second kappa shape index (κ2) is 14.9. The Hall–Kier alpha value is -2.02. The van der Waals surface area contributed by atoms with Gasteiger partial charge in [-0.25, -0.2) is 0 Å². The van der Waals surface area contributed by atoms with Crippen LogP contribution in [0, 0.1) is 17.8 Å². The van der Waals surface area contributed by atoms with Gasteiger partial charge in [-0.1, -0.05) is 27.7 Å². The van der Waals surface area contributed by atoms with Gasteiger partial charge in [0.05, 0.1) is 51.0 Å². The van der Waals surface area contributed by atoms with Crippen LogP contribution in [-0.4, -0.2) is 98.6 Å². The summed E-state index contributed by atoms with van der Waals surface area (Å²) in [6.07, 6.45) is 0.222. The van der Waals surface area contributed by atoms with Crippen LogP contribution in [0.1, 0.15) is 53.9 Å². The van der Waals surface area contributed by atoms with Gasteiger partial charge in [-0.15, -0.1) is 0 Å². The third-order valence-electron chi connectivity index (χ3n) is 6.58. The number of amides is 2. The summed E-state index contributed by atoms with van der Waals surface area (Å²) in [7, 11) is 0. The van der Waals surface area contributed by atoms with E-state index in [1.807, 2.05) is 32.6 Å². The highest BCUT2D eigenvalue weighted by molar-refractivity contribution is 5.98. The second-order valence-electron chi connectivity index (χ2n) is 11.2. The van der Waals surface area contributed by atoms with Gasteiger partial charge in [0, 0.05) is 19.5 Å². The first-order valence-electron chi connectivity index (χ1n) is 13.3. The first-order chi connectivity index (χ1) is 17.8. The highest BCUT2D eigenvalue weighted by atomic mass is 19.3. The molecule has 38 heavy (non-hydrogen) atoms. The van der Waals surface area contributed by atoms with Crippen LogP contribution in [0.15, 0.2) is 0 Å². The van der Waals surface area contributed by atoms with Crippen molar-refractivity contribution in [3.63, 3.8) is 0 Å². The van der Waals surface area contributed by atoms with E-state index in [1.54, 1.807) is 6.92 Å².